The van der Waals surface area contributed by atoms with E-state index in [9.17, 15) is 14.7 Å². The molecule has 2 aromatic rings. The predicted molar refractivity (Wildman–Crippen MR) is 105 cm³/mol. The van der Waals surface area contributed by atoms with E-state index in [2.05, 4.69) is 0 Å². The Balaban J connectivity index is 2.19. The first-order valence-corrected chi connectivity index (χ1v) is 8.97. The van der Waals surface area contributed by atoms with Crippen LogP contribution in [0.5, 0.6) is 5.75 Å². The molecule has 1 aliphatic rings. The Morgan fingerprint density at radius 2 is 1.86 bits per heavy atom. The molecule has 1 heterocycles. The van der Waals surface area contributed by atoms with Crippen LogP contribution in [0, 0.1) is 6.92 Å². The number of amides is 1. The number of carbonyl (C=O) groups excluding carboxylic acids is 2. The zero-order valence-electron chi connectivity index (χ0n) is 16.1. The number of aliphatic hydroxyl groups excluding tert-OH is 1. The van der Waals surface area contributed by atoms with Crippen LogP contribution in [-0.2, 0) is 14.3 Å². The maximum Gasteiger partial charge on any atom is 0.295 e. The Hall–Kier alpha value is -3.12. The Morgan fingerprint density at radius 1 is 1.11 bits per heavy atom. The highest BCUT2D eigenvalue weighted by Crippen LogP contribution is 2.40. The molecule has 1 atom stereocenters. The van der Waals surface area contributed by atoms with Gasteiger partial charge in [-0.3, -0.25) is 9.59 Å². The van der Waals surface area contributed by atoms with Gasteiger partial charge in [-0.1, -0.05) is 36.4 Å². The molecule has 0 saturated carbocycles. The molecule has 1 saturated heterocycles. The standard InChI is InChI=1S/C22H23NO5/c1-14-7-4-5-10-17(14)19-18(21(25)22(26)23(19)11-12-27-2)20(24)15-8-6-9-16(13-15)28-3/h4-10,13,19,24H,11-12H2,1-3H3/b20-18+. The summed E-state index contributed by atoms with van der Waals surface area (Å²) in [5, 5.41) is 11.0. The number of ether oxygens (including phenoxy) is 2. The topological polar surface area (TPSA) is 76.1 Å². The number of Topliss-reactive ketones (excluding diaryl/α,β-unsaturated/α-hetero) is 1. The third kappa shape index (κ3) is 3.51. The maximum absolute atomic E-state index is 12.9. The number of nitrogens with zero attached hydrogens (tertiary/aromatic N) is 1. The van der Waals surface area contributed by atoms with E-state index in [0.717, 1.165) is 11.1 Å². The van der Waals surface area contributed by atoms with E-state index in [1.165, 1.54) is 19.1 Å². The first kappa shape index (κ1) is 19.6. The number of aryl methyl sites for hydroxylation is 1. The zero-order chi connectivity index (χ0) is 20.3. The lowest BCUT2D eigenvalue weighted by Gasteiger charge is -2.26. The lowest BCUT2D eigenvalue weighted by molar-refractivity contribution is -0.140. The molecule has 146 valence electrons. The molecule has 3 rings (SSSR count). The quantitative estimate of drug-likeness (QED) is 0.473. The molecule has 0 bridgehead atoms. The highest BCUT2D eigenvalue weighted by molar-refractivity contribution is 6.46. The Kier molecular flexibility index (Phi) is 5.80. The van der Waals surface area contributed by atoms with E-state index in [-0.39, 0.29) is 24.5 Å². The average molecular weight is 381 g/mol. The fraction of sp³-hybridized carbons (Fsp3) is 0.273. The second kappa shape index (κ2) is 8.27. The fourth-order valence-electron chi connectivity index (χ4n) is 3.44. The minimum atomic E-state index is -0.704. The van der Waals surface area contributed by atoms with E-state index in [0.29, 0.717) is 11.3 Å². The van der Waals surface area contributed by atoms with Crippen molar-refractivity contribution in [1.29, 1.82) is 0 Å². The van der Waals surface area contributed by atoms with Crippen LogP contribution in [0.1, 0.15) is 22.7 Å². The largest absolute Gasteiger partial charge is 0.507 e. The second-order valence-corrected chi connectivity index (χ2v) is 6.57. The van der Waals surface area contributed by atoms with Gasteiger partial charge in [-0.25, -0.2) is 0 Å². The van der Waals surface area contributed by atoms with Gasteiger partial charge < -0.3 is 19.5 Å². The van der Waals surface area contributed by atoms with Crippen molar-refractivity contribution in [2.75, 3.05) is 27.4 Å². The predicted octanol–water partition coefficient (Wildman–Crippen LogP) is 3.07. The van der Waals surface area contributed by atoms with E-state index >= 15 is 0 Å². The smallest absolute Gasteiger partial charge is 0.295 e. The van der Waals surface area contributed by atoms with Crippen molar-refractivity contribution in [1.82, 2.24) is 4.90 Å². The van der Waals surface area contributed by atoms with Crippen LogP contribution < -0.4 is 4.74 Å². The van der Waals surface area contributed by atoms with Crippen molar-refractivity contribution in [3.8, 4) is 5.75 Å². The first-order chi connectivity index (χ1) is 13.5. The van der Waals surface area contributed by atoms with Crippen molar-refractivity contribution in [2.45, 2.75) is 13.0 Å². The molecule has 6 nitrogen and oxygen atoms in total. The van der Waals surface area contributed by atoms with Gasteiger partial charge in [0.2, 0.25) is 0 Å². The molecule has 0 aliphatic carbocycles. The molecule has 6 heteroatoms. The number of hydrogen-bond donors (Lipinski definition) is 1. The summed E-state index contributed by atoms with van der Waals surface area (Å²) in [6, 6.07) is 13.6. The number of rotatable bonds is 6. The lowest BCUT2D eigenvalue weighted by atomic mass is 9.92. The molecule has 1 N–H and O–H groups in total. The normalized spacial score (nSPS) is 18.5. The molecule has 1 unspecified atom stereocenters. The van der Waals surface area contributed by atoms with Crippen LogP contribution in [0.2, 0.25) is 0 Å². The van der Waals surface area contributed by atoms with Gasteiger partial charge in [0.25, 0.3) is 11.7 Å². The second-order valence-electron chi connectivity index (χ2n) is 6.57. The molecule has 0 aromatic heterocycles. The highest BCUT2D eigenvalue weighted by Gasteiger charge is 2.46. The van der Waals surface area contributed by atoms with E-state index in [1.54, 1.807) is 24.3 Å². The summed E-state index contributed by atoms with van der Waals surface area (Å²) in [4.78, 5) is 27.0. The summed E-state index contributed by atoms with van der Waals surface area (Å²) in [6.45, 7) is 2.45. The molecular weight excluding hydrogens is 358 g/mol. The Labute approximate surface area is 164 Å². The molecule has 1 amide bonds. The van der Waals surface area contributed by atoms with Crippen LogP contribution in [0.3, 0.4) is 0 Å². The summed E-state index contributed by atoms with van der Waals surface area (Å²) in [5.74, 6) is -1.02. The number of benzene rings is 2. The van der Waals surface area contributed by atoms with E-state index in [1.807, 2.05) is 31.2 Å². The van der Waals surface area contributed by atoms with Gasteiger partial charge in [0, 0.05) is 19.2 Å². The van der Waals surface area contributed by atoms with Crippen LogP contribution in [0.25, 0.3) is 5.76 Å². The Bertz CT molecular complexity index is 934. The fourth-order valence-corrected chi connectivity index (χ4v) is 3.44. The number of carbonyl (C=O) groups is 2. The van der Waals surface area contributed by atoms with Gasteiger partial charge in [-0.05, 0) is 30.2 Å². The zero-order valence-corrected chi connectivity index (χ0v) is 16.1. The van der Waals surface area contributed by atoms with Gasteiger partial charge in [0.1, 0.15) is 11.5 Å². The molecule has 2 aromatic carbocycles. The molecular formula is C22H23NO5. The summed E-state index contributed by atoms with van der Waals surface area (Å²) >= 11 is 0. The Morgan fingerprint density at radius 3 is 2.54 bits per heavy atom. The number of ketones is 1. The van der Waals surface area contributed by atoms with Gasteiger partial charge in [0.15, 0.2) is 0 Å². The number of likely N-dealkylation sites (tertiary alicyclic amines) is 1. The summed E-state index contributed by atoms with van der Waals surface area (Å²) in [7, 11) is 3.06. The first-order valence-electron chi connectivity index (χ1n) is 8.97. The average Bonchev–Trinajstić information content (AvgIpc) is 2.96. The minimum Gasteiger partial charge on any atom is -0.507 e. The van der Waals surface area contributed by atoms with Gasteiger partial charge >= 0.3 is 0 Å². The molecule has 0 radical (unpaired) electrons. The third-order valence-corrected chi connectivity index (χ3v) is 4.90. The van der Waals surface area contributed by atoms with Crippen molar-refractivity contribution >= 4 is 17.4 Å². The maximum atomic E-state index is 12.9. The highest BCUT2D eigenvalue weighted by atomic mass is 16.5. The van der Waals surface area contributed by atoms with Gasteiger partial charge in [-0.2, -0.15) is 0 Å². The van der Waals surface area contributed by atoms with Crippen LogP contribution in [0.15, 0.2) is 54.1 Å². The van der Waals surface area contributed by atoms with Crippen molar-refractivity contribution in [3.63, 3.8) is 0 Å². The van der Waals surface area contributed by atoms with Crippen molar-refractivity contribution in [2.24, 2.45) is 0 Å². The van der Waals surface area contributed by atoms with Crippen LogP contribution >= 0.6 is 0 Å². The minimum absolute atomic E-state index is 0.0728. The van der Waals surface area contributed by atoms with Gasteiger partial charge in [0.05, 0.1) is 25.3 Å². The van der Waals surface area contributed by atoms with E-state index in [4.69, 9.17) is 9.47 Å². The molecule has 28 heavy (non-hydrogen) atoms. The molecule has 1 fully saturated rings. The summed E-state index contributed by atoms with van der Waals surface area (Å²) in [5.41, 5.74) is 2.21. The molecule has 1 aliphatic heterocycles. The third-order valence-electron chi connectivity index (χ3n) is 4.90. The summed E-state index contributed by atoms with van der Waals surface area (Å²) in [6.07, 6.45) is 0. The summed E-state index contributed by atoms with van der Waals surface area (Å²) < 4.78 is 10.3. The number of hydrogen-bond acceptors (Lipinski definition) is 5. The van der Waals surface area contributed by atoms with E-state index < -0.39 is 17.7 Å². The van der Waals surface area contributed by atoms with Crippen molar-refractivity contribution in [3.05, 3.63) is 70.8 Å². The SMILES string of the molecule is COCCN1C(=O)C(=O)/C(=C(/O)c2cccc(OC)c2)C1c1ccccc1C. The lowest BCUT2D eigenvalue weighted by Crippen LogP contribution is -2.32. The van der Waals surface area contributed by atoms with Crippen LogP contribution in [-0.4, -0.2) is 49.1 Å². The number of aliphatic hydroxyl groups is 1. The number of methoxy groups -OCH3 is 2. The van der Waals surface area contributed by atoms with Crippen LogP contribution in [0.4, 0.5) is 0 Å². The monoisotopic (exact) mass is 381 g/mol. The van der Waals surface area contributed by atoms with Crippen molar-refractivity contribution < 1.29 is 24.2 Å². The molecule has 0 spiro atoms. The van der Waals surface area contributed by atoms with Gasteiger partial charge in [-0.15, -0.1) is 0 Å².